The third-order valence-electron chi connectivity index (χ3n) is 6.41. The van der Waals surface area contributed by atoms with E-state index in [1.54, 1.807) is 10.1 Å². The normalized spacial score (nSPS) is 14.0. The number of rotatable bonds is 12. The average Bonchev–Trinajstić information content (AvgIpc) is 3.17. The molecule has 1 aliphatic rings. The van der Waals surface area contributed by atoms with Crippen LogP contribution in [0.3, 0.4) is 0 Å². The molecular weight excluding hydrogens is 703 g/mol. The molecule has 0 amide bonds. The molecule has 0 atom stereocenters. The Morgan fingerprint density at radius 1 is 1.05 bits per heavy atom. The van der Waals surface area contributed by atoms with Crippen molar-refractivity contribution in [2.45, 2.75) is 64.9 Å². The monoisotopic (exact) mass is 739 g/mol. The van der Waals surface area contributed by atoms with E-state index in [-0.39, 0.29) is 17.6 Å². The molecule has 8 nitrogen and oxygen atoms in total. The van der Waals surface area contributed by atoms with Crippen molar-refractivity contribution in [1.82, 2.24) is 0 Å². The predicted molar refractivity (Wildman–Crippen MR) is 165 cm³/mol. The number of nitriles is 1. The molecule has 0 unspecified atom stereocenters. The van der Waals surface area contributed by atoms with Crippen LogP contribution in [0, 0.1) is 11.3 Å². The summed E-state index contributed by atoms with van der Waals surface area (Å²) in [6.07, 6.45) is 4.48. The SMILES string of the molecule is CC(C)(C)OC(=O)CCCCOc1c(Cl)cc(C(C)(C)c2ccc(OCC3=NC(S(C)(=O)=O)=C[I-]C=C3)cc2)cc1C#N. The summed E-state index contributed by atoms with van der Waals surface area (Å²) in [4.78, 5) is 16.2. The number of halogens is 2. The van der Waals surface area contributed by atoms with Gasteiger partial charge in [-0.1, -0.05) is 11.6 Å². The number of sulfone groups is 1. The van der Waals surface area contributed by atoms with Crippen molar-refractivity contribution in [3.05, 3.63) is 77.4 Å². The first-order valence-electron chi connectivity index (χ1n) is 13.7. The van der Waals surface area contributed by atoms with Crippen LogP contribution in [0.2, 0.25) is 5.02 Å². The van der Waals surface area contributed by atoms with Gasteiger partial charge < -0.3 is 9.47 Å². The molecule has 232 valence electrons. The average molecular weight is 740 g/mol. The standard InChI is InChI=1S/C32H37ClIN2O6S/c1-31(2,3)42-29(37)9-7-8-16-40-30-22(20-35)17-24(18-27(30)33)32(4,5)23-10-12-26(13-11-23)41-21-25-14-15-34-19-28(36-25)43(6,38)39/h10-15,17-19H,7-9,16,21H2,1-6H3/q-1. The summed E-state index contributed by atoms with van der Waals surface area (Å²) in [5, 5.41) is 10.3. The van der Waals surface area contributed by atoms with Gasteiger partial charge in [0.15, 0.2) is 5.75 Å². The minimum atomic E-state index is -3.39. The van der Waals surface area contributed by atoms with Gasteiger partial charge in [-0.25, -0.2) is 0 Å². The number of carbonyl (C=O) groups is 1. The van der Waals surface area contributed by atoms with Gasteiger partial charge in [-0.05, 0) is 33.6 Å². The minimum absolute atomic E-state index is 0.0889. The van der Waals surface area contributed by atoms with Crippen molar-refractivity contribution < 1.29 is 48.6 Å². The quantitative estimate of drug-likeness (QED) is 0.185. The number of ether oxygens (including phenoxy) is 3. The van der Waals surface area contributed by atoms with E-state index in [2.05, 4.69) is 11.1 Å². The van der Waals surface area contributed by atoms with Crippen LogP contribution in [0.1, 0.15) is 70.6 Å². The first kappa shape index (κ1) is 34.6. The molecule has 0 saturated heterocycles. The van der Waals surface area contributed by atoms with Gasteiger partial charge in [0.25, 0.3) is 0 Å². The van der Waals surface area contributed by atoms with E-state index in [0.717, 1.165) is 17.4 Å². The van der Waals surface area contributed by atoms with E-state index in [4.69, 9.17) is 25.8 Å². The zero-order chi connectivity index (χ0) is 31.8. The zero-order valence-corrected chi connectivity index (χ0v) is 29.0. The molecule has 0 bridgehead atoms. The first-order chi connectivity index (χ1) is 20.1. The van der Waals surface area contributed by atoms with Gasteiger partial charge in [0.1, 0.15) is 11.7 Å². The van der Waals surface area contributed by atoms with Gasteiger partial charge in [-0.2, -0.15) is 5.26 Å². The molecule has 11 heteroatoms. The molecule has 0 saturated carbocycles. The van der Waals surface area contributed by atoms with Crippen molar-refractivity contribution in [1.29, 1.82) is 5.26 Å². The Morgan fingerprint density at radius 3 is 2.37 bits per heavy atom. The number of aliphatic imine (C=N–C) groups is 1. The van der Waals surface area contributed by atoms with Crippen molar-refractivity contribution >= 4 is 33.1 Å². The van der Waals surface area contributed by atoms with E-state index in [9.17, 15) is 18.5 Å². The molecule has 0 N–H and O–H groups in total. The minimum Gasteiger partial charge on any atom is -0.192 e. The second kappa shape index (κ2) is 14.7. The second-order valence-electron chi connectivity index (χ2n) is 11.5. The smallest absolute Gasteiger partial charge is 0.192 e. The first-order valence-corrected chi connectivity index (χ1v) is 18.4. The van der Waals surface area contributed by atoms with Crippen LogP contribution in [0.4, 0.5) is 0 Å². The topological polar surface area (TPSA) is 115 Å². The van der Waals surface area contributed by atoms with Gasteiger partial charge in [0.2, 0.25) is 0 Å². The van der Waals surface area contributed by atoms with E-state index in [1.807, 2.05) is 75.1 Å². The number of carbonyl (C=O) groups excluding carboxylic acids is 1. The van der Waals surface area contributed by atoms with E-state index in [1.165, 1.54) is 0 Å². The Kier molecular flexibility index (Phi) is 11.9. The number of hydrogen-bond acceptors (Lipinski definition) is 8. The fourth-order valence-electron chi connectivity index (χ4n) is 4.06. The van der Waals surface area contributed by atoms with Crippen molar-refractivity contribution in [3.63, 3.8) is 0 Å². The number of esters is 1. The molecule has 0 spiro atoms. The van der Waals surface area contributed by atoms with Crippen LogP contribution >= 0.6 is 11.6 Å². The number of nitrogens with zero attached hydrogens (tertiary/aromatic N) is 2. The summed E-state index contributed by atoms with van der Waals surface area (Å²) in [7, 11) is -3.39. The summed E-state index contributed by atoms with van der Waals surface area (Å²) in [5.41, 5.74) is 1.71. The molecule has 0 aliphatic carbocycles. The Morgan fingerprint density at radius 2 is 1.74 bits per heavy atom. The molecule has 0 aromatic heterocycles. The zero-order valence-electron chi connectivity index (χ0n) is 25.2. The number of hydrogen-bond donors (Lipinski definition) is 0. The van der Waals surface area contributed by atoms with Crippen LogP contribution in [0.15, 0.2) is 60.7 Å². The molecule has 3 rings (SSSR count). The van der Waals surface area contributed by atoms with Crippen LogP contribution in [-0.4, -0.2) is 45.2 Å². The van der Waals surface area contributed by atoms with Gasteiger partial charge in [-0.3, -0.25) is 4.79 Å². The predicted octanol–water partition coefficient (Wildman–Crippen LogP) is 3.71. The number of benzene rings is 2. The van der Waals surface area contributed by atoms with Gasteiger partial charge in [0, 0.05) is 6.42 Å². The third-order valence-corrected chi connectivity index (χ3v) is 9.80. The maximum absolute atomic E-state index is 11.9. The van der Waals surface area contributed by atoms with Gasteiger partial charge in [0.05, 0.1) is 17.2 Å². The summed E-state index contributed by atoms with van der Waals surface area (Å²) in [6, 6.07) is 13.4. The fraction of sp³-hybridized carbons (Fsp3) is 0.406. The molecular formula is C32H37ClIN2O6S-. The Balaban J connectivity index is 1.65. The molecule has 43 heavy (non-hydrogen) atoms. The molecule has 2 aromatic carbocycles. The van der Waals surface area contributed by atoms with Gasteiger partial charge >= 0.3 is 166 Å². The van der Waals surface area contributed by atoms with Crippen LogP contribution in [0.25, 0.3) is 0 Å². The Bertz CT molecular complexity index is 1570. The Labute approximate surface area is 270 Å². The number of unbranched alkanes of at least 4 members (excludes halogenated alkanes) is 1. The third kappa shape index (κ3) is 10.4. The molecule has 1 aliphatic heterocycles. The molecule has 0 fully saturated rings. The fourth-order valence-corrected chi connectivity index (χ4v) is 7.79. The van der Waals surface area contributed by atoms with Crippen LogP contribution in [0.5, 0.6) is 11.5 Å². The van der Waals surface area contributed by atoms with Gasteiger partial charge in [-0.15, -0.1) is 0 Å². The molecule has 2 aromatic rings. The molecule has 0 radical (unpaired) electrons. The van der Waals surface area contributed by atoms with Crippen LogP contribution in [-0.2, 0) is 24.8 Å². The van der Waals surface area contributed by atoms with E-state index < -0.39 is 42.1 Å². The Hall–Kier alpha value is -2.88. The van der Waals surface area contributed by atoms with E-state index >= 15 is 0 Å². The summed E-state index contributed by atoms with van der Waals surface area (Å²) in [6.45, 7) is 10.0. The van der Waals surface area contributed by atoms with Crippen molar-refractivity contribution in [3.8, 4) is 17.6 Å². The summed E-state index contributed by atoms with van der Waals surface area (Å²) >= 11 is 6.09. The van der Waals surface area contributed by atoms with Crippen molar-refractivity contribution in [2.24, 2.45) is 4.99 Å². The summed E-state index contributed by atoms with van der Waals surface area (Å²) in [5.74, 6) is 0.698. The van der Waals surface area contributed by atoms with Crippen molar-refractivity contribution in [2.75, 3.05) is 19.5 Å². The second-order valence-corrected chi connectivity index (χ2v) is 15.9. The molecule has 1 heterocycles. The van der Waals surface area contributed by atoms with E-state index in [0.29, 0.717) is 53.7 Å². The summed E-state index contributed by atoms with van der Waals surface area (Å²) < 4.78 is 44.6. The maximum atomic E-state index is 11.9. The van der Waals surface area contributed by atoms with Crippen LogP contribution < -0.4 is 30.7 Å².